The highest BCUT2D eigenvalue weighted by Gasteiger charge is 2.01. The van der Waals surface area contributed by atoms with E-state index in [9.17, 15) is 9.59 Å². The zero-order valence-electron chi connectivity index (χ0n) is 4.93. The van der Waals surface area contributed by atoms with Crippen molar-refractivity contribution >= 4 is 11.8 Å². The highest BCUT2D eigenvalue weighted by molar-refractivity contribution is 5.93. The molecule has 46 valence electrons. The second-order valence-corrected chi connectivity index (χ2v) is 1.45. The van der Waals surface area contributed by atoms with Crippen molar-refractivity contribution in [2.24, 2.45) is 0 Å². The first-order chi connectivity index (χ1) is 3.66. The predicted molar refractivity (Wildman–Crippen MR) is 27.3 cm³/mol. The highest BCUT2D eigenvalue weighted by atomic mass is 16.5. The lowest BCUT2D eigenvalue weighted by Crippen LogP contribution is -2.05. The van der Waals surface area contributed by atoms with Gasteiger partial charge >= 0.3 is 5.97 Å². The maximum absolute atomic E-state index is 10.2. The number of esters is 1. The van der Waals surface area contributed by atoms with Crippen molar-refractivity contribution in [3.05, 3.63) is 0 Å². The number of rotatable bonds is 2. The second-order valence-electron chi connectivity index (χ2n) is 1.45. The molecule has 8 heavy (non-hydrogen) atoms. The smallest absolute Gasteiger partial charge is 0.313 e. The normalized spacial score (nSPS) is 8.25. The molecule has 0 fully saturated rings. The van der Waals surface area contributed by atoms with Crippen molar-refractivity contribution in [3.63, 3.8) is 0 Å². The molecule has 0 saturated carbocycles. The van der Waals surface area contributed by atoms with E-state index < -0.39 is 5.97 Å². The topological polar surface area (TPSA) is 43.4 Å². The Bertz CT molecular complexity index is 106. The van der Waals surface area contributed by atoms with Crippen LogP contribution >= 0.6 is 0 Å². The summed E-state index contributed by atoms with van der Waals surface area (Å²) in [5.74, 6) is -0.644. The Hall–Kier alpha value is -0.860. The lowest BCUT2D eigenvalue weighted by atomic mass is 10.7. The summed E-state index contributed by atoms with van der Waals surface area (Å²) in [7, 11) is 1.26. The van der Waals surface area contributed by atoms with Crippen LogP contribution < -0.4 is 0 Å². The van der Waals surface area contributed by atoms with E-state index in [1.807, 2.05) is 0 Å². The summed E-state index contributed by atoms with van der Waals surface area (Å²) in [5.41, 5.74) is 0. The molecule has 0 N–H and O–H groups in total. The molecular weight excluding hydrogens is 110 g/mol. The lowest BCUT2D eigenvalue weighted by molar-refractivity contribution is -0.142. The Labute approximate surface area is 47.6 Å². The Morgan fingerprint density at radius 1 is 1.75 bits per heavy atom. The van der Waals surface area contributed by atoms with Crippen LogP contribution in [0.4, 0.5) is 0 Å². The molecule has 0 bridgehead atoms. The highest BCUT2D eigenvalue weighted by Crippen LogP contribution is 1.83. The number of Topliss-reactive ketones (excluding diaryl/α,β-unsaturated/α-hetero) is 1. The van der Waals surface area contributed by atoms with Crippen LogP contribution in [0, 0.1) is 0 Å². The van der Waals surface area contributed by atoms with Gasteiger partial charge in [0.2, 0.25) is 0 Å². The van der Waals surface area contributed by atoms with Crippen LogP contribution in [0.15, 0.2) is 0 Å². The second kappa shape index (κ2) is 3.18. The summed E-state index contributed by atoms with van der Waals surface area (Å²) in [6.45, 7) is 1.34. The average Bonchev–Trinajstić information content (AvgIpc) is 1.65. The van der Waals surface area contributed by atoms with E-state index in [1.54, 1.807) is 0 Å². The first-order valence-electron chi connectivity index (χ1n) is 2.23. The molecule has 0 rings (SSSR count). The summed E-state index contributed by atoms with van der Waals surface area (Å²) in [5, 5.41) is 0. The first-order valence-corrected chi connectivity index (χ1v) is 2.23. The predicted octanol–water partition coefficient (Wildman–Crippen LogP) is 0.138. The SMILES string of the molecule is COC(=O)C[14C](C)=O. The molecule has 3 heteroatoms. The first kappa shape index (κ1) is 7.14. The molecule has 0 atom stereocenters. The summed E-state index contributed by atoms with van der Waals surface area (Å²) in [6.07, 6.45) is -0.115. The van der Waals surface area contributed by atoms with E-state index in [2.05, 4.69) is 4.74 Å². The molecule has 0 saturated heterocycles. The van der Waals surface area contributed by atoms with Crippen molar-refractivity contribution in [3.8, 4) is 0 Å². The molecule has 3 nitrogen and oxygen atoms in total. The van der Waals surface area contributed by atoms with Gasteiger partial charge in [-0.05, 0) is 6.92 Å². The Morgan fingerprint density at radius 3 is 2.38 bits per heavy atom. The van der Waals surface area contributed by atoms with Crippen molar-refractivity contribution in [2.75, 3.05) is 7.11 Å². The maximum atomic E-state index is 10.2. The molecular formula is C5H8O3. The minimum absolute atomic E-state index is 0.115. The van der Waals surface area contributed by atoms with Crippen LogP contribution in [0.3, 0.4) is 0 Å². The lowest BCUT2D eigenvalue weighted by Gasteiger charge is -1.90. The van der Waals surface area contributed by atoms with E-state index in [4.69, 9.17) is 0 Å². The molecule has 0 unspecified atom stereocenters. The number of hydrogen-bond acceptors (Lipinski definition) is 3. The van der Waals surface area contributed by atoms with Gasteiger partial charge in [-0.15, -0.1) is 0 Å². The van der Waals surface area contributed by atoms with Gasteiger partial charge in [0.05, 0.1) is 7.11 Å². The maximum Gasteiger partial charge on any atom is 0.313 e. The van der Waals surface area contributed by atoms with Gasteiger partial charge in [-0.2, -0.15) is 0 Å². The van der Waals surface area contributed by atoms with Crippen LogP contribution in [0.1, 0.15) is 13.3 Å². The third kappa shape index (κ3) is 3.33. The Balaban J connectivity index is 3.40. The average molecular weight is 118 g/mol. The van der Waals surface area contributed by atoms with E-state index >= 15 is 0 Å². The summed E-state index contributed by atoms with van der Waals surface area (Å²) in [6, 6.07) is 0. The fraction of sp³-hybridized carbons (Fsp3) is 0.600. The van der Waals surface area contributed by atoms with Gasteiger partial charge in [0.1, 0.15) is 12.2 Å². The van der Waals surface area contributed by atoms with Crippen molar-refractivity contribution in [1.29, 1.82) is 0 Å². The van der Waals surface area contributed by atoms with Crippen LogP contribution in [-0.4, -0.2) is 18.9 Å². The van der Waals surface area contributed by atoms with Crippen molar-refractivity contribution < 1.29 is 14.3 Å². The van der Waals surface area contributed by atoms with E-state index in [-0.39, 0.29) is 12.2 Å². The van der Waals surface area contributed by atoms with E-state index in [0.29, 0.717) is 0 Å². The standard InChI is InChI=1S/C5H8O3/c1-4(6)3-5(7)8-2/h3H2,1-2H3/i4+2. The van der Waals surface area contributed by atoms with Crippen molar-refractivity contribution in [1.82, 2.24) is 0 Å². The fourth-order valence-corrected chi connectivity index (χ4v) is 0.275. The number of ketones is 1. The van der Waals surface area contributed by atoms with Gasteiger partial charge < -0.3 is 4.74 Å². The molecule has 0 aromatic heterocycles. The number of methoxy groups -OCH3 is 1. The van der Waals surface area contributed by atoms with Gasteiger partial charge in [0, 0.05) is 0 Å². The van der Waals surface area contributed by atoms with Crippen molar-refractivity contribution in [2.45, 2.75) is 13.3 Å². The zero-order chi connectivity index (χ0) is 6.57. The van der Waals surface area contributed by atoms with Gasteiger partial charge in [0.25, 0.3) is 0 Å². The molecule has 0 heterocycles. The Morgan fingerprint density at radius 2 is 2.25 bits per heavy atom. The number of ether oxygens (including phenoxy) is 1. The summed E-state index contributed by atoms with van der Waals surface area (Å²) in [4.78, 5) is 20.3. The third-order valence-corrected chi connectivity index (χ3v) is 0.621. The molecule has 0 amide bonds. The monoisotopic (exact) mass is 118 g/mol. The van der Waals surface area contributed by atoms with E-state index in [0.717, 1.165) is 0 Å². The molecule has 0 radical (unpaired) electrons. The number of carbonyl (C=O) groups is 2. The molecule has 0 aliphatic heterocycles. The van der Waals surface area contributed by atoms with Crippen LogP contribution in [0.25, 0.3) is 0 Å². The molecule has 0 aromatic carbocycles. The number of carbonyl (C=O) groups excluding carboxylic acids is 2. The van der Waals surface area contributed by atoms with Gasteiger partial charge in [-0.25, -0.2) is 0 Å². The number of hydrogen-bond donors (Lipinski definition) is 0. The zero-order valence-corrected chi connectivity index (χ0v) is 4.93. The third-order valence-electron chi connectivity index (χ3n) is 0.621. The molecule has 0 aromatic rings. The minimum Gasteiger partial charge on any atom is -0.469 e. The van der Waals surface area contributed by atoms with Crippen LogP contribution in [0.2, 0.25) is 0 Å². The molecule has 0 aliphatic carbocycles. The molecule has 0 spiro atoms. The van der Waals surface area contributed by atoms with Gasteiger partial charge in [-0.3, -0.25) is 9.59 Å². The summed E-state index contributed by atoms with van der Waals surface area (Å²) < 4.78 is 4.20. The van der Waals surface area contributed by atoms with Crippen LogP contribution in [-0.2, 0) is 14.3 Å². The minimum atomic E-state index is -0.475. The quantitative estimate of drug-likeness (QED) is 0.382. The van der Waals surface area contributed by atoms with Gasteiger partial charge in [0.15, 0.2) is 0 Å². The van der Waals surface area contributed by atoms with E-state index in [1.165, 1.54) is 14.0 Å². The Kier molecular flexibility index (Phi) is 2.84. The van der Waals surface area contributed by atoms with Gasteiger partial charge in [-0.1, -0.05) is 0 Å². The summed E-state index contributed by atoms with van der Waals surface area (Å²) >= 11 is 0. The molecule has 0 aliphatic rings. The largest absolute Gasteiger partial charge is 0.469 e. The fourth-order valence-electron chi connectivity index (χ4n) is 0.275. The van der Waals surface area contributed by atoms with Crippen LogP contribution in [0.5, 0.6) is 0 Å².